The Hall–Kier alpha value is -2.51. The van der Waals surface area contributed by atoms with Crippen LogP contribution in [0.1, 0.15) is 22.3 Å². The maximum atomic E-state index is 2.21. The van der Waals surface area contributed by atoms with E-state index in [-0.39, 0.29) is 0 Å². The highest BCUT2D eigenvalue weighted by Crippen LogP contribution is 2.35. The fourth-order valence-corrected chi connectivity index (χ4v) is 3.75. The molecule has 3 aromatic carbocycles. The van der Waals surface area contributed by atoms with E-state index in [1.165, 1.54) is 32.0 Å². The van der Waals surface area contributed by atoms with Gasteiger partial charge in [0.25, 0.3) is 0 Å². The Morgan fingerprint density at radius 1 is 0.391 bits per heavy atom. The zero-order chi connectivity index (χ0) is 15.5. The molecule has 0 bridgehead atoms. The fourth-order valence-electron chi connectivity index (χ4n) is 2.71. The predicted molar refractivity (Wildman–Crippen MR) is 101 cm³/mol. The maximum absolute atomic E-state index is 2.21. The molecule has 0 amide bonds. The molecule has 0 nitrogen and oxygen atoms in total. The minimum atomic E-state index is 1.24. The normalized spacial score (nSPS) is 15.5. The van der Waals surface area contributed by atoms with E-state index in [2.05, 4.69) is 97.1 Å². The molecule has 3 aromatic rings. The van der Waals surface area contributed by atoms with Crippen molar-refractivity contribution in [3.63, 3.8) is 0 Å². The molecule has 1 aliphatic rings. The number of fused-ring (bicyclic) bond motifs is 3. The van der Waals surface area contributed by atoms with Crippen LogP contribution in [0.25, 0.3) is 24.3 Å². The standard InChI is InChI=1S/C22H16S/c1-2-8-18-14-16-20-10-4-6-12-22(20)23-21-11-5-3-9-19(21)15-13-17(18)7-1/h1-16H/b15-13-,16-14-. The average molecular weight is 312 g/mol. The molecule has 0 N–H and O–H groups in total. The van der Waals surface area contributed by atoms with Crippen LogP contribution < -0.4 is 0 Å². The van der Waals surface area contributed by atoms with Crippen molar-refractivity contribution in [3.05, 3.63) is 95.1 Å². The van der Waals surface area contributed by atoms with Crippen LogP contribution in [-0.4, -0.2) is 0 Å². The summed E-state index contributed by atoms with van der Waals surface area (Å²) in [5.74, 6) is 0. The Kier molecular flexibility index (Phi) is 3.87. The lowest BCUT2D eigenvalue weighted by atomic mass is 10.0. The van der Waals surface area contributed by atoms with Crippen molar-refractivity contribution in [2.45, 2.75) is 9.79 Å². The van der Waals surface area contributed by atoms with Crippen molar-refractivity contribution in [3.8, 4) is 0 Å². The summed E-state index contributed by atoms with van der Waals surface area (Å²) in [5.41, 5.74) is 4.99. The molecule has 1 heterocycles. The van der Waals surface area contributed by atoms with Crippen LogP contribution >= 0.6 is 11.8 Å². The topological polar surface area (TPSA) is 0 Å². The van der Waals surface area contributed by atoms with Gasteiger partial charge in [-0.25, -0.2) is 0 Å². The average Bonchev–Trinajstić information content (AvgIpc) is 2.63. The van der Waals surface area contributed by atoms with Gasteiger partial charge >= 0.3 is 0 Å². The molecule has 0 aliphatic carbocycles. The smallest absolute Gasteiger partial charge is 0.0195 e. The molecule has 0 spiro atoms. The Labute approximate surface area is 141 Å². The summed E-state index contributed by atoms with van der Waals surface area (Å²) in [4.78, 5) is 2.56. The van der Waals surface area contributed by atoms with Gasteiger partial charge in [0, 0.05) is 9.79 Å². The number of hydrogen-bond acceptors (Lipinski definition) is 1. The number of hydrogen-bond donors (Lipinski definition) is 0. The van der Waals surface area contributed by atoms with Crippen LogP contribution in [0, 0.1) is 0 Å². The van der Waals surface area contributed by atoms with E-state index in [4.69, 9.17) is 0 Å². The van der Waals surface area contributed by atoms with Crippen LogP contribution in [0.2, 0.25) is 0 Å². The van der Waals surface area contributed by atoms with Crippen molar-refractivity contribution in [1.82, 2.24) is 0 Å². The molecular weight excluding hydrogens is 296 g/mol. The summed E-state index contributed by atoms with van der Waals surface area (Å²) >= 11 is 1.82. The van der Waals surface area contributed by atoms with E-state index in [1.54, 1.807) is 0 Å². The Bertz CT molecular complexity index is 829. The van der Waals surface area contributed by atoms with Crippen molar-refractivity contribution in [2.24, 2.45) is 0 Å². The predicted octanol–water partition coefficient (Wildman–Crippen LogP) is 6.49. The van der Waals surface area contributed by atoms with Gasteiger partial charge in [0.2, 0.25) is 0 Å². The second-order valence-corrected chi connectivity index (χ2v) is 6.56. The largest absolute Gasteiger partial charge is 0.0888 e. The van der Waals surface area contributed by atoms with E-state index in [0.717, 1.165) is 0 Å². The van der Waals surface area contributed by atoms with Crippen LogP contribution in [-0.2, 0) is 0 Å². The zero-order valence-electron chi connectivity index (χ0n) is 12.6. The minimum Gasteiger partial charge on any atom is -0.0888 e. The second-order valence-electron chi connectivity index (χ2n) is 5.47. The zero-order valence-corrected chi connectivity index (χ0v) is 13.5. The molecule has 4 rings (SSSR count). The molecular formula is C22H16S. The van der Waals surface area contributed by atoms with Crippen LogP contribution in [0.4, 0.5) is 0 Å². The first-order valence-corrected chi connectivity index (χ1v) is 8.53. The quantitative estimate of drug-likeness (QED) is 0.357. The van der Waals surface area contributed by atoms with E-state index >= 15 is 0 Å². The van der Waals surface area contributed by atoms with Gasteiger partial charge in [-0.15, -0.1) is 0 Å². The monoisotopic (exact) mass is 312 g/mol. The van der Waals surface area contributed by atoms with Gasteiger partial charge < -0.3 is 0 Å². The van der Waals surface area contributed by atoms with Gasteiger partial charge in [0.1, 0.15) is 0 Å². The highest BCUT2D eigenvalue weighted by Gasteiger charge is 2.06. The summed E-state index contributed by atoms with van der Waals surface area (Å²) < 4.78 is 0. The molecule has 0 saturated heterocycles. The first kappa shape index (κ1) is 14.1. The lowest BCUT2D eigenvalue weighted by Gasteiger charge is -2.08. The van der Waals surface area contributed by atoms with Crippen molar-refractivity contribution >= 4 is 36.1 Å². The van der Waals surface area contributed by atoms with Crippen LogP contribution in [0.15, 0.2) is 82.6 Å². The third-order valence-corrected chi connectivity index (χ3v) is 5.12. The van der Waals surface area contributed by atoms with Crippen LogP contribution in [0.3, 0.4) is 0 Å². The summed E-state index contributed by atoms with van der Waals surface area (Å²) in [5, 5.41) is 0. The SMILES string of the molecule is C1=C\c2ccccc2Sc2ccccc2/C=C\c2ccccc2/1. The third-order valence-electron chi connectivity index (χ3n) is 3.94. The fraction of sp³-hybridized carbons (Fsp3) is 0. The van der Waals surface area contributed by atoms with Gasteiger partial charge in [-0.2, -0.15) is 0 Å². The molecule has 23 heavy (non-hydrogen) atoms. The first-order chi connectivity index (χ1) is 11.4. The molecule has 1 aliphatic heterocycles. The minimum absolute atomic E-state index is 1.24. The van der Waals surface area contributed by atoms with Crippen molar-refractivity contribution in [2.75, 3.05) is 0 Å². The molecule has 1 heteroatoms. The summed E-state index contributed by atoms with van der Waals surface area (Å²) in [6, 6.07) is 25.6. The van der Waals surface area contributed by atoms with Gasteiger partial charge in [-0.1, -0.05) is 96.7 Å². The van der Waals surface area contributed by atoms with Crippen molar-refractivity contribution < 1.29 is 0 Å². The molecule has 110 valence electrons. The lowest BCUT2D eigenvalue weighted by Crippen LogP contribution is -1.82. The van der Waals surface area contributed by atoms with Gasteiger partial charge in [0.05, 0.1) is 0 Å². The van der Waals surface area contributed by atoms with E-state index in [1.807, 2.05) is 11.8 Å². The van der Waals surface area contributed by atoms with E-state index in [0.29, 0.717) is 0 Å². The molecule has 0 saturated carbocycles. The molecule has 0 fully saturated rings. The van der Waals surface area contributed by atoms with Gasteiger partial charge in [-0.3, -0.25) is 0 Å². The number of benzene rings is 3. The third kappa shape index (κ3) is 3.01. The van der Waals surface area contributed by atoms with Crippen LogP contribution in [0.5, 0.6) is 0 Å². The maximum Gasteiger partial charge on any atom is 0.0195 e. The first-order valence-electron chi connectivity index (χ1n) is 7.71. The summed E-state index contributed by atoms with van der Waals surface area (Å²) in [6.45, 7) is 0. The molecule has 0 unspecified atom stereocenters. The number of rotatable bonds is 0. The second kappa shape index (κ2) is 6.31. The molecule has 0 aromatic heterocycles. The Morgan fingerprint density at radius 2 is 0.739 bits per heavy atom. The highest BCUT2D eigenvalue weighted by atomic mass is 32.2. The van der Waals surface area contributed by atoms with E-state index < -0.39 is 0 Å². The van der Waals surface area contributed by atoms with E-state index in [9.17, 15) is 0 Å². The summed E-state index contributed by atoms with van der Waals surface area (Å²) in [7, 11) is 0. The summed E-state index contributed by atoms with van der Waals surface area (Å²) in [6.07, 6.45) is 8.83. The van der Waals surface area contributed by atoms with Crippen molar-refractivity contribution in [1.29, 1.82) is 0 Å². The van der Waals surface area contributed by atoms with Gasteiger partial charge in [-0.05, 0) is 34.4 Å². The molecule has 0 radical (unpaired) electrons. The molecule has 0 atom stereocenters. The highest BCUT2D eigenvalue weighted by molar-refractivity contribution is 7.99. The lowest BCUT2D eigenvalue weighted by molar-refractivity contribution is 1.37. The Balaban J connectivity index is 1.95. The van der Waals surface area contributed by atoms with Gasteiger partial charge in [0.15, 0.2) is 0 Å². The Morgan fingerprint density at radius 3 is 1.22 bits per heavy atom.